The van der Waals surface area contributed by atoms with Gasteiger partial charge in [0.1, 0.15) is 5.75 Å². The van der Waals surface area contributed by atoms with E-state index >= 15 is 0 Å². The van der Waals surface area contributed by atoms with E-state index in [9.17, 15) is 10.2 Å². The molecule has 0 saturated carbocycles. The van der Waals surface area contributed by atoms with E-state index in [0.29, 0.717) is 23.6 Å². The molecule has 0 fully saturated rings. The molecule has 0 radical (unpaired) electrons. The predicted octanol–water partition coefficient (Wildman–Crippen LogP) is 5.55. The molecule has 0 amide bonds. The molecule has 2 aromatic rings. The first-order valence-corrected chi connectivity index (χ1v) is 10.1. The van der Waals surface area contributed by atoms with Gasteiger partial charge in [0.25, 0.3) is 0 Å². The second-order valence-corrected chi connectivity index (χ2v) is 8.14. The highest BCUT2D eigenvalue weighted by molar-refractivity contribution is 9.10. The van der Waals surface area contributed by atoms with Gasteiger partial charge in [0.15, 0.2) is 0 Å². The van der Waals surface area contributed by atoms with Crippen molar-refractivity contribution in [2.45, 2.75) is 45.3 Å². The monoisotopic (exact) mass is 440 g/mol. The molecule has 3 nitrogen and oxygen atoms in total. The normalized spacial score (nSPS) is 13.7. The summed E-state index contributed by atoms with van der Waals surface area (Å²) >= 11 is 9.72. The molecule has 2 N–H and O–H groups in total. The van der Waals surface area contributed by atoms with E-state index in [1.807, 2.05) is 32.0 Å². The zero-order valence-corrected chi connectivity index (χ0v) is 17.5. The van der Waals surface area contributed by atoms with E-state index in [4.69, 9.17) is 16.3 Å². The van der Waals surface area contributed by atoms with Crippen LogP contribution in [0.5, 0.6) is 5.75 Å². The molecule has 5 heteroatoms. The van der Waals surface area contributed by atoms with Crippen molar-refractivity contribution in [1.82, 2.24) is 0 Å². The quantitative estimate of drug-likeness (QED) is 0.536. The van der Waals surface area contributed by atoms with Gasteiger partial charge in [-0.25, -0.2) is 0 Å². The van der Waals surface area contributed by atoms with E-state index in [0.717, 1.165) is 16.5 Å². The van der Waals surface area contributed by atoms with Crippen LogP contribution in [0.1, 0.15) is 43.9 Å². The fraction of sp³-hybridized carbons (Fsp3) is 0.429. The van der Waals surface area contributed by atoms with Crippen LogP contribution in [0.3, 0.4) is 0 Å². The number of benzene rings is 2. The highest BCUT2D eigenvalue weighted by Gasteiger charge is 2.18. The van der Waals surface area contributed by atoms with Gasteiger partial charge in [-0.15, -0.1) is 0 Å². The topological polar surface area (TPSA) is 49.7 Å². The van der Waals surface area contributed by atoms with Gasteiger partial charge in [-0.2, -0.15) is 0 Å². The summed E-state index contributed by atoms with van der Waals surface area (Å²) in [7, 11) is 0. The highest BCUT2D eigenvalue weighted by Crippen LogP contribution is 2.32. The van der Waals surface area contributed by atoms with Gasteiger partial charge in [-0.05, 0) is 74.4 Å². The molecule has 0 unspecified atom stereocenters. The minimum absolute atomic E-state index is 0.0446. The Morgan fingerprint density at radius 1 is 1.12 bits per heavy atom. The summed E-state index contributed by atoms with van der Waals surface area (Å²) in [4.78, 5) is 0. The van der Waals surface area contributed by atoms with Gasteiger partial charge in [-0.1, -0.05) is 45.7 Å². The fourth-order valence-corrected chi connectivity index (χ4v) is 3.46. The van der Waals surface area contributed by atoms with Crippen molar-refractivity contribution in [2.75, 3.05) is 6.61 Å². The maximum Gasteiger partial charge on any atom is 0.138 e. The Bertz CT molecular complexity index is 688. The molecule has 26 heavy (non-hydrogen) atoms. The lowest BCUT2D eigenvalue weighted by Gasteiger charge is -2.21. The molecule has 2 aromatic carbocycles. The first kappa shape index (κ1) is 21.2. The van der Waals surface area contributed by atoms with Crippen LogP contribution in [0, 0.1) is 5.92 Å². The van der Waals surface area contributed by atoms with E-state index in [1.54, 1.807) is 12.1 Å². The summed E-state index contributed by atoms with van der Waals surface area (Å²) in [5.74, 6) is 0.806. The van der Waals surface area contributed by atoms with Crippen LogP contribution in [0.15, 0.2) is 46.9 Å². The first-order chi connectivity index (χ1) is 12.4. The number of rotatable bonds is 9. The molecular formula is C21H26BrClO3. The summed E-state index contributed by atoms with van der Waals surface area (Å²) in [5, 5.41) is 20.5. The Morgan fingerprint density at radius 3 is 2.38 bits per heavy atom. The molecule has 2 rings (SSSR count). The molecule has 0 heterocycles. The van der Waals surface area contributed by atoms with Crippen molar-refractivity contribution < 1.29 is 14.9 Å². The standard InChI is InChI=1S/C21H26BrClO3/c1-14(2)26-21-8-5-17(13-19(21)23)20(25)12-16(9-10-24)11-15-3-6-18(22)7-4-15/h3-8,13-14,16,20,24-25H,9-12H2,1-2H3/t16-,20-/m1/s1. The average Bonchev–Trinajstić information content (AvgIpc) is 2.58. The summed E-state index contributed by atoms with van der Waals surface area (Å²) in [5.41, 5.74) is 1.96. The minimum atomic E-state index is -0.632. The lowest BCUT2D eigenvalue weighted by Crippen LogP contribution is -2.12. The Kier molecular flexibility index (Phi) is 8.42. The zero-order chi connectivity index (χ0) is 19.1. The Hall–Kier alpha value is -1.07. The van der Waals surface area contributed by atoms with Gasteiger partial charge in [0.05, 0.1) is 17.2 Å². The molecule has 0 saturated heterocycles. The lowest BCUT2D eigenvalue weighted by molar-refractivity contribution is 0.132. The average molecular weight is 442 g/mol. The number of hydrogen-bond acceptors (Lipinski definition) is 3. The summed E-state index contributed by atoms with van der Waals surface area (Å²) < 4.78 is 6.68. The van der Waals surface area contributed by atoms with Gasteiger partial charge < -0.3 is 14.9 Å². The van der Waals surface area contributed by atoms with Crippen LogP contribution in [0.2, 0.25) is 5.02 Å². The third kappa shape index (κ3) is 6.58. The van der Waals surface area contributed by atoms with Crippen LogP contribution in [-0.2, 0) is 6.42 Å². The van der Waals surface area contributed by atoms with Crippen molar-refractivity contribution >= 4 is 27.5 Å². The third-order valence-electron chi connectivity index (χ3n) is 4.23. The molecule has 0 aliphatic rings. The summed E-state index contributed by atoms with van der Waals surface area (Å²) in [6.45, 7) is 4.00. The number of ether oxygens (including phenoxy) is 1. The Labute approximate surface area is 169 Å². The first-order valence-electron chi connectivity index (χ1n) is 8.88. The van der Waals surface area contributed by atoms with Crippen molar-refractivity contribution in [2.24, 2.45) is 5.92 Å². The number of halogens is 2. The van der Waals surface area contributed by atoms with Crippen molar-refractivity contribution in [1.29, 1.82) is 0 Å². The van der Waals surface area contributed by atoms with Gasteiger partial charge in [0, 0.05) is 11.1 Å². The van der Waals surface area contributed by atoms with Gasteiger partial charge >= 0.3 is 0 Å². The van der Waals surface area contributed by atoms with E-state index < -0.39 is 6.10 Å². The smallest absolute Gasteiger partial charge is 0.138 e. The van der Waals surface area contributed by atoms with Crippen LogP contribution in [-0.4, -0.2) is 22.9 Å². The molecule has 0 aromatic heterocycles. The Balaban J connectivity index is 2.05. The van der Waals surface area contributed by atoms with Crippen molar-refractivity contribution in [3.63, 3.8) is 0 Å². The summed E-state index contributed by atoms with van der Waals surface area (Å²) in [6, 6.07) is 13.6. The van der Waals surface area contributed by atoms with Gasteiger partial charge in [0.2, 0.25) is 0 Å². The van der Waals surface area contributed by atoms with Gasteiger partial charge in [-0.3, -0.25) is 0 Å². The molecular weight excluding hydrogens is 416 g/mol. The second kappa shape index (κ2) is 10.3. The molecule has 0 aliphatic heterocycles. The van der Waals surface area contributed by atoms with Crippen LogP contribution >= 0.6 is 27.5 Å². The number of aliphatic hydroxyl groups is 2. The second-order valence-electron chi connectivity index (χ2n) is 6.82. The molecule has 142 valence electrons. The summed E-state index contributed by atoms with van der Waals surface area (Å²) in [6.07, 6.45) is 1.44. The van der Waals surface area contributed by atoms with Crippen LogP contribution in [0.25, 0.3) is 0 Å². The predicted molar refractivity (Wildman–Crippen MR) is 110 cm³/mol. The lowest BCUT2D eigenvalue weighted by atomic mass is 9.89. The van der Waals surface area contributed by atoms with E-state index in [-0.39, 0.29) is 18.6 Å². The highest BCUT2D eigenvalue weighted by atomic mass is 79.9. The molecule has 0 bridgehead atoms. The fourth-order valence-electron chi connectivity index (χ4n) is 2.97. The third-order valence-corrected chi connectivity index (χ3v) is 5.06. The van der Waals surface area contributed by atoms with Crippen molar-refractivity contribution in [3.05, 3.63) is 63.1 Å². The van der Waals surface area contributed by atoms with Crippen LogP contribution < -0.4 is 4.74 Å². The number of aliphatic hydroxyl groups excluding tert-OH is 2. The SMILES string of the molecule is CC(C)Oc1ccc([C@H](O)C[C@H](CCO)Cc2ccc(Br)cc2)cc1Cl. The molecule has 0 aliphatic carbocycles. The molecule has 0 spiro atoms. The minimum Gasteiger partial charge on any atom is -0.489 e. The largest absolute Gasteiger partial charge is 0.489 e. The Morgan fingerprint density at radius 2 is 1.81 bits per heavy atom. The number of hydrogen-bond donors (Lipinski definition) is 2. The van der Waals surface area contributed by atoms with E-state index in [1.165, 1.54) is 5.56 Å². The van der Waals surface area contributed by atoms with Crippen molar-refractivity contribution in [3.8, 4) is 5.75 Å². The zero-order valence-electron chi connectivity index (χ0n) is 15.2. The molecule has 2 atom stereocenters. The maximum absolute atomic E-state index is 10.6. The van der Waals surface area contributed by atoms with E-state index in [2.05, 4.69) is 28.1 Å². The maximum atomic E-state index is 10.6. The van der Waals surface area contributed by atoms with Crippen LogP contribution in [0.4, 0.5) is 0 Å².